The zero-order chi connectivity index (χ0) is 13.2. The van der Waals surface area contributed by atoms with Gasteiger partial charge in [0.05, 0.1) is 11.4 Å². The smallest absolute Gasteiger partial charge is 0.0853 e. The third-order valence-corrected chi connectivity index (χ3v) is 3.75. The van der Waals surface area contributed by atoms with Crippen LogP contribution in [-0.4, -0.2) is 9.78 Å². The highest BCUT2D eigenvalue weighted by Gasteiger charge is 2.22. The van der Waals surface area contributed by atoms with Gasteiger partial charge in [-0.3, -0.25) is 4.68 Å². The lowest BCUT2D eigenvalue weighted by Crippen LogP contribution is -2.00. The molecule has 1 heterocycles. The minimum Gasteiger partial charge on any atom is -0.378 e. The lowest BCUT2D eigenvalue weighted by Gasteiger charge is -2.06. The van der Waals surface area contributed by atoms with Crippen LogP contribution in [0, 0.1) is 0 Å². The highest BCUT2D eigenvalue weighted by Crippen LogP contribution is 2.39. The lowest BCUT2D eigenvalue weighted by molar-refractivity contribution is 0.746. The molecule has 3 rings (SSSR count). The van der Waals surface area contributed by atoms with Crippen molar-refractivity contribution < 1.29 is 0 Å². The second kappa shape index (κ2) is 5.08. The second-order valence-electron chi connectivity index (χ2n) is 5.39. The summed E-state index contributed by atoms with van der Waals surface area (Å²) in [5.41, 5.74) is 5.11. The van der Waals surface area contributed by atoms with Crippen LogP contribution < -0.4 is 5.32 Å². The predicted octanol–water partition coefficient (Wildman–Crippen LogP) is 3.47. The standard InChI is InChI=1S/C16H21N3/c1-3-15-16(11-19(2)18-15)17-10-12-4-6-13(7-5-12)14-8-9-14/h4-7,11,14,17H,3,8-10H2,1-2H3. The Hall–Kier alpha value is -1.77. The first-order valence-corrected chi connectivity index (χ1v) is 7.11. The first kappa shape index (κ1) is 12.3. The predicted molar refractivity (Wildman–Crippen MR) is 78.3 cm³/mol. The van der Waals surface area contributed by atoms with Crippen LogP contribution in [0.2, 0.25) is 0 Å². The van der Waals surface area contributed by atoms with Crippen LogP contribution >= 0.6 is 0 Å². The van der Waals surface area contributed by atoms with Gasteiger partial charge in [-0.25, -0.2) is 0 Å². The van der Waals surface area contributed by atoms with Crippen molar-refractivity contribution in [2.75, 3.05) is 5.32 Å². The van der Waals surface area contributed by atoms with Crippen LogP contribution in [0.4, 0.5) is 5.69 Å². The van der Waals surface area contributed by atoms with Gasteiger partial charge in [0, 0.05) is 19.8 Å². The fraction of sp³-hybridized carbons (Fsp3) is 0.438. The van der Waals surface area contributed by atoms with Gasteiger partial charge in [-0.05, 0) is 36.3 Å². The monoisotopic (exact) mass is 255 g/mol. The van der Waals surface area contributed by atoms with Gasteiger partial charge in [0.1, 0.15) is 0 Å². The topological polar surface area (TPSA) is 29.9 Å². The van der Waals surface area contributed by atoms with E-state index in [1.807, 2.05) is 11.7 Å². The van der Waals surface area contributed by atoms with E-state index in [1.54, 1.807) is 0 Å². The zero-order valence-corrected chi connectivity index (χ0v) is 11.7. The third-order valence-electron chi connectivity index (χ3n) is 3.75. The normalized spacial score (nSPS) is 14.6. The summed E-state index contributed by atoms with van der Waals surface area (Å²) in [6.07, 6.45) is 5.75. The molecule has 1 aromatic heterocycles. The first-order chi connectivity index (χ1) is 9.26. The SMILES string of the molecule is CCc1nn(C)cc1NCc1ccc(C2CC2)cc1. The number of hydrogen-bond donors (Lipinski definition) is 1. The summed E-state index contributed by atoms with van der Waals surface area (Å²) in [6.45, 7) is 3.00. The summed E-state index contributed by atoms with van der Waals surface area (Å²) in [4.78, 5) is 0. The maximum absolute atomic E-state index is 4.44. The number of benzene rings is 1. The van der Waals surface area contributed by atoms with E-state index in [0.717, 1.165) is 30.3 Å². The number of nitrogens with one attached hydrogen (secondary N) is 1. The van der Waals surface area contributed by atoms with E-state index < -0.39 is 0 Å². The van der Waals surface area contributed by atoms with Gasteiger partial charge in [0.2, 0.25) is 0 Å². The van der Waals surface area contributed by atoms with Crippen LogP contribution in [0.15, 0.2) is 30.5 Å². The summed E-state index contributed by atoms with van der Waals surface area (Å²) in [7, 11) is 1.97. The number of anilines is 1. The summed E-state index contributed by atoms with van der Waals surface area (Å²) < 4.78 is 1.87. The zero-order valence-electron chi connectivity index (χ0n) is 11.7. The molecule has 1 aliphatic rings. The molecule has 0 bridgehead atoms. The Morgan fingerprint density at radius 3 is 2.63 bits per heavy atom. The van der Waals surface area contributed by atoms with E-state index in [4.69, 9.17) is 0 Å². The molecule has 1 fully saturated rings. The Bertz CT molecular complexity index is 550. The van der Waals surface area contributed by atoms with Gasteiger partial charge in [-0.2, -0.15) is 5.10 Å². The average molecular weight is 255 g/mol. The molecule has 2 aromatic rings. The lowest BCUT2D eigenvalue weighted by atomic mass is 10.1. The van der Waals surface area contributed by atoms with Gasteiger partial charge in [-0.1, -0.05) is 31.2 Å². The summed E-state index contributed by atoms with van der Waals surface area (Å²) >= 11 is 0. The van der Waals surface area contributed by atoms with Crippen molar-refractivity contribution in [3.05, 3.63) is 47.3 Å². The molecule has 1 aromatic carbocycles. The molecule has 0 radical (unpaired) electrons. The van der Waals surface area contributed by atoms with Crippen molar-refractivity contribution in [3.63, 3.8) is 0 Å². The molecule has 100 valence electrons. The van der Waals surface area contributed by atoms with E-state index in [2.05, 4.69) is 47.8 Å². The quantitative estimate of drug-likeness (QED) is 0.886. The van der Waals surface area contributed by atoms with Gasteiger partial charge in [0.15, 0.2) is 0 Å². The fourth-order valence-electron chi connectivity index (χ4n) is 2.46. The van der Waals surface area contributed by atoms with Crippen molar-refractivity contribution in [1.29, 1.82) is 0 Å². The second-order valence-corrected chi connectivity index (χ2v) is 5.39. The number of nitrogens with zero attached hydrogens (tertiary/aromatic N) is 2. The van der Waals surface area contributed by atoms with E-state index in [9.17, 15) is 0 Å². The van der Waals surface area contributed by atoms with Crippen molar-refractivity contribution in [2.24, 2.45) is 7.05 Å². The third kappa shape index (κ3) is 2.80. The molecular weight excluding hydrogens is 234 g/mol. The first-order valence-electron chi connectivity index (χ1n) is 7.11. The van der Waals surface area contributed by atoms with Crippen LogP contribution in [-0.2, 0) is 20.0 Å². The molecule has 3 nitrogen and oxygen atoms in total. The molecule has 0 aliphatic heterocycles. The molecule has 0 amide bonds. The minimum absolute atomic E-state index is 0.840. The Morgan fingerprint density at radius 1 is 1.26 bits per heavy atom. The highest BCUT2D eigenvalue weighted by atomic mass is 15.3. The Kier molecular flexibility index (Phi) is 3.28. The van der Waals surface area contributed by atoms with Crippen LogP contribution in [0.25, 0.3) is 0 Å². The van der Waals surface area contributed by atoms with E-state index >= 15 is 0 Å². The van der Waals surface area contributed by atoms with Crippen LogP contribution in [0.1, 0.15) is 42.5 Å². The summed E-state index contributed by atoms with van der Waals surface area (Å²) in [5, 5.41) is 7.92. The molecule has 0 saturated heterocycles. The molecule has 19 heavy (non-hydrogen) atoms. The average Bonchev–Trinajstić information content (AvgIpc) is 3.21. The molecule has 0 unspecified atom stereocenters. The molecule has 1 saturated carbocycles. The molecule has 3 heteroatoms. The van der Waals surface area contributed by atoms with E-state index in [1.165, 1.54) is 24.0 Å². The number of aromatic nitrogens is 2. The maximum Gasteiger partial charge on any atom is 0.0853 e. The van der Waals surface area contributed by atoms with Crippen molar-refractivity contribution in [1.82, 2.24) is 9.78 Å². The molecule has 1 aliphatic carbocycles. The van der Waals surface area contributed by atoms with Gasteiger partial charge in [-0.15, -0.1) is 0 Å². The summed E-state index contributed by atoms with van der Waals surface area (Å²) in [5.74, 6) is 0.840. The molecule has 1 N–H and O–H groups in total. The van der Waals surface area contributed by atoms with Gasteiger partial charge < -0.3 is 5.32 Å². The van der Waals surface area contributed by atoms with Crippen molar-refractivity contribution in [3.8, 4) is 0 Å². The Labute approximate surface area is 114 Å². The molecular formula is C16H21N3. The molecule has 0 spiro atoms. The van der Waals surface area contributed by atoms with Crippen molar-refractivity contribution in [2.45, 2.75) is 38.6 Å². The van der Waals surface area contributed by atoms with Gasteiger partial charge in [0.25, 0.3) is 0 Å². The van der Waals surface area contributed by atoms with E-state index in [-0.39, 0.29) is 0 Å². The Morgan fingerprint density at radius 2 is 2.00 bits per heavy atom. The maximum atomic E-state index is 4.44. The fourth-order valence-corrected chi connectivity index (χ4v) is 2.46. The van der Waals surface area contributed by atoms with Crippen LogP contribution in [0.5, 0.6) is 0 Å². The van der Waals surface area contributed by atoms with Gasteiger partial charge >= 0.3 is 0 Å². The number of rotatable bonds is 5. The number of hydrogen-bond acceptors (Lipinski definition) is 2. The summed E-state index contributed by atoms with van der Waals surface area (Å²) in [6, 6.07) is 9.03. The van der Waals surface area contributed by atoms with Crippen LogP contribution in [0.3, 0.4) is 0 Å². The highest BCUT2D eigenvalue weighted by molar-refractivity contribution is 5.47. The van der Waals surface area contributed by atoms with Crippen molar-refractivity contribution >= 4 is 5.69 Å². The Balaban J connectivity index is 1.64. The number of aryl methyl sites for hydroxylation is 2. The van der Waals surface area contributed by atoms with E-state index in [0.29, 0.717) is 0 Å². The minimum atomic E-state index is 0.840. The largest absolute Gasteiger partial charge is 0.378 e. The molecule has 0 atom stereocenters.